The predicted molar refractivity (Wildman–Crippen MR) is 115 cm³/mol. The third kappa shape index (κ3) is 7.11. The number of hydrogen-bond acceptors (Lipinski definition) is 2. The first kappa shape index (κ1) is 21.4. The summed E-state index contributed by atoms with van der Waals surface area (Å²) in [7, 11) is 2.08. The van der Waals surface area contributed by atoms with Gasteiger partial charge < -0.3 is 15.0 Å². The molecule has 0 amide bonds. The molecule has 0 saturated heterocycles. The Labute approximate surface area is 170 Å². The molecule has 1 heterocycles. The van der Waals surface area contributed by atoms with Crippen molar-refractivity contribution in [3.05, 3.63) is 46.0 Å². The molecule has 0 unspecified atom stereocenters. The van der Waals surface area contributed by atoms with Crippen LogP contribution in [0.2, 0.25) is 0 Å². The topological polar surface area (TPSA) is 36.9 Å². The molecule has 0 aliphatic carbocycles. The highest BCUT2D eigenvalue weighted by atomic mass is 127. The molecule has 0 saturated carbocycles. The first-order valence-electron chi connectivity index (χ1n) is 8.19. The number of ether oxygens (including phenoxy) is 1. The van der Waals surface area contributed by atoms with Gasteiger partial charge in [-0.05, 0) is 31.4 Å². The molecule has 1 aliphatic heterocycles. The van der Waals surface area contributed by atoms with Crippen LogP contribution in [0.5, 0.6) is 0 Å². The van der Waals surface area contributed by atoms with Gasteiger partial charge in [-0.2, -0.15) is 0 Å². The molecular formula is C18H27BrIN3O. The molecule has 0 atom stereocenters. The minimum absolute atomic E-state index is 0. The fourth-order valence-corrected chi connectivity index (χ4v) is 2.93. The van der Waals surface area contributed by atoms with Crippen LogP contribution in [-0.2, 0) is 11.3 Å². The SMILES string of the molecule is CCNC(=NCCC1=CCOCC1)N(C)Cc1ccccc1Br.I. The Morgan fingerprint density at radius 2 is 2.17 bits per heavy atom. The van der Waals surface area contributed by atoms with Crippen LogP contribution in [0, 0.1) is 0 Å². The van der Waals surface area contributed by atoms with E-state index in [1.165, 1.54) is 11.1 Å². The number of hydrogen-bond donors (Lipinski definition) is 1. The zero-order chi connectivity index (χ0) is 16.5. The third-order valence-electron chi connectivity index (χ3n) is 3.81. The van der Waals surface area contributed by atoms with Crippen molar-refractivity contribution in [3.8, 4) is 0 Å². The number of guanidine groups is 1. The van der Waals surface area contributed by atoms with Gasteiger partial charge in [0.1, 0.15) is 0 Å². The van der Waals surface area contributed by atoms with E-state index in [9.17, 15) is 0 Å². The van der Waals surface area contributed by atoms with Gasteiger partial charge >= 0.3 is 0 Å². The summed E-state index contributed by atoms with van der Waals surface area (Å²) in [5.74, 6) is 0.955. The zero-order valence-electron chi connectivity index (χ0n) is 14.4. The second-order valence-corrected chi connectivity index (χ2v) is 6.47. The number of rotatable bonds is 6. The number of nitrogens with zero attached hydrogens (tertiary/aromatic N) is 2. The average Bonchev–Trinajstić information content (AvgIpc) is 2.57. The van der Waals surface area contributed by atoms with Crippen LogP contribution in [-0.4, -0.2) is 44.2 Å². The first-order chi connectivity index (χ1) is 11.2. The van der Waals surface area contributed by atoms with E-state index >= 15 is 0 Å². The summed E-state index contributed by atoms with van der Waals surface area (Å²) in [4.78, 5) is 6.94. The van der Waals surface area contributed by atoms with E-state index in [4.69, 9.17) is 9.73 Å². The largest absolute Gasteiger partial charge is 0.377 e. The lowest BCUT2D eigenvalue weighted by Gasteiger charge is -2.23. The van der Waals surface area contributed by atoms with Crippen LogP contribution in [0.1, 0.15) is 25.3 Å². The van der Waals surface area contributed by atoms with Gasteiger partial charge in [0.15, 0.2) is 5.96 Å². The van der Waals surface area contributed by atoms with Crippen LogP contribution >= 0.6 is 39.9 Å². The monoisotopic (exact) mass is 507 g/mol. The van der Waals surface area contributed by atoms with Crippen molar-refractivity contribution in [3.63, 3.8) is 0 Å². The number of nitrogens with one attached hydrogen (secondary N) is 1. The van der Waals surface area contributed by atoms with Gasteiger partial charge in [0.2, 0.25) is 0 Å². The summed E-state index contributed by atoms with van der Waals surface area (Å²) in [6.07, 6.45) is 4.25. The van der Waals surface area contributed by atoms with Gasteiger partial charge in [-0.3, -0.25) is 4.99 Å². The highest BCUT2D eigenvalue weighted by Gasteiger charge is 2.09. The van der Waals surface area contributed by atoms with E-state index < -0.39 is 0 Å². The molecule has 0 radical (unpaired) electrons. The van der Waals surface area contributed by atoms with Crippen molar-refractivity contribution in [2.24, 2.45) is 4.99 Å². The molecule has 134 valence electrons. The molecule has 6 heteroatoms. The van der Waals surface area contributed by atoms with Crippen LogP contribution in [0.4, 0.5) is 0 Å². The van der Waals surface area contributed by atoms with Crippen LogP contribution in [0.15, 0.2) is 45.4 Å². The molecule has 1 aromatic rings. The van der Waals surface area contributed by atoms with Gasteiger partial charge in [-0.15, -0.1) is 24.0 Å². The van der Waals surface area contributed by atoms with Crippen LogP contribution < -0.4 is 5.32 Å². The molecule has 0 aromatic heterocycles. The van der Waals surface area contributed by atoms with Crippen molar-refractivity contribution in [1.29, 1.82) is 0 Å². The molecule has 2 rings (SSSR count). The highest BCUT2D eigenvalue weighted by Crippen LogP contribution is 2.17. The summed E-state index contributed by atoms with van der Waals surface area (Å²) in [6, 6.07) is 8.31. The summed E-state index contributed by atoms with van der Waals surface area (Å²) in [5, 5.41) is 3.38. The smallest absolute Gasteiger partial charge is 0.193 e. The fourth-order valence-electron chi connectivity index (χ4n) is 2.52. The highest BCUT2D eigenvalue weighted by molar-refractivity contribution is 14.0. The Hall–Kier alpha value is -0.600. The lowest BCUT2D eigenvalue weighted by Crippen LogP contribution is -2.38. The molecule has 24 heavy (non-hydrogen) atoms. The first-order valence-corrected chi connectivity index (χ1v) is 8.98. The Morgan fingerprint density at radius 1 is 1.38 bits per heavy atom. The van der Waals surface area contributed by atoms with Gasteiger partial charge in [0, 0.05) is 31.2 Å². The van der Waals surface area contributed by atoms with Crippen molar-refractivity contribution in [1.82, 2.24) is 10.2 Å². The molecule has 4 nitrogen and oxygen atoms in total. The molecule has 0 spiro atoms. The normalized spacial score (nSPS) is 14.6. The van der Waals surface area contributed by atoms with Gasteiger partial charge in [0.25, 0.3) is 0 Å². The Balaban J connectivity index is 0.00000288. The fraction of sp³-hybridized carbons (Fsp3) is 0.500. The van der Waals surface area contributed by atoms with Crippen LogP contribution in [0.3, 0.4) is 0 Å². The molecule has 0 bridgehead atoms. The maximum absolute atomic E-state index is 5.34. The average molecular weight is 508 g/mol. The van der Waals surface area contributed by atoms with E-state index in [-0.39, 0.29) is 24.0 Å². The third-order valence-corrected chi connectivity index (χ3v) is 4.59. The molecule has 1 aliphatic rings. The number of benzene rings is 1. The molecule has 1 N–H and O–H groups in total. The molecule has 0 fully saturated rings. The maximum Gasteiger partial charge on any atom is 0.193 e. The maximum atomic E-state index is 5.34. The zero-order valence-corrected chi connectivity index (χ0v) is 18.3. The van der Waals surface area contributed by atoms with E-state index in [1.54, 1.807) is 0 Å². The summed E-state index contributed by atoms with van der Waals surface area (Å²) >= 11 is 3.61. The van der Waals surface area contributed by atoms with Gasteiger partial charge in [-0.1, -0.05) is 45.8 Å². The van der Waals surface area contributed by atoms with E-state index in [1.807, 2.05) is 6.07 Å². The van der Waals surface area contributed by atoms with E-state index in [0.29, 0.717) is 0 Å². The van der Waals surface area contributed by atoms with Crippen molar-refractivity contribution < 1.29 is 4.74 Å². The van der Waals surface area contributed by atoms with Gasteiger partial charge in [-0.25, -0.2) is 0 Å². The summed E-state index contributed by atoms with van der Waals surface area (Å²) in [6.45, 7) is 6.20. The number of aliphatic imine (C=N–C) groups is 1. The Kier molecular flexibility index (Phi) is 10.6. The second kappa shape index (κ2) is 11.9. The Morgan fingerprint density at radius 3 is 2.83 bits per heavy atom. The summed E-state index contributed by atoms with van der Waals surface area (Å²) in [5.41, 5.74) is 2.72. The minimum Gasteiger partial charge on any atom is -0.377 e. The van der Waals surface area contributed by atoms with Crippen molar-refractivity contribution in [2.75, 3.05) is 33.4 Å². The van der Waals surface area contributed by atoms with Crippen molar-refractivity contribution >= 4 is 45.9 Å². The minimum atomic E-state index is 0. The summed E-state index contributed by atoms with van der Waals surface area (Å²) < 4.78 is 6.48. The quantitative estimate of drug-likeness (QED) is 0.271. The number of halogens is 2. The van der Waals surface area contributed by atoms with Gasteiger partial charge in [0.05, 0.1) is 13.2 Å². The van der Waals surface area contributed by atoms with Crippen molar-refractivity contribution in [2.45, 2.75) is 26.3 Å². The lowest BCUT2D eigenvalue weighted by molar-refractivity contribution is 0.153. The molecule has 1 aromatic carbocycles. The van der Waals surface area contributed by atoms with E-state index in [2.05, 4.69) is 64.4 Å². The molecular weight excluding hydrogens is 481 g/mol. The predicted octanol–water partition coefficient (Wildman–Crippen LogP) is 4.20. The van der Waals surface area contributed by atoms with Crippen LogP contribution in [0.25, 0.3) is 0 Å². The standard InChI is InChI=1S/C18H26BrN3O.HI/c1-3-20-18(21-11-8-15-9-12-23-13-10-15)22(2)14-16-6-4-5-7-17(16)19;/h4-7,9H,3,8,10-14H2,1-2H3,(H,20,21);1H. The lowest BCUT2D eigenvalue weighted by atomic mass is 10.1. The second-order valence-electron chi connectivity index (χ2n) is 5.62. The Bertz CT molecular complexity index is 563. The van der Waals surface area contributed by atoms with E-state index in [0.717, 1.165) is 56.1 Å².